The molecule has 1 aliphatic rings. The van der Waals surface area contributed by atoms with E-state index in [9.17, 15) is 4.79 Å². The van der Waals surface area contributed by atoms with Crippen LogP contribution < -0.4 is 0 Å². The summed E-state index contributed by atoms with van der Waals surface area (Å²) in [6, 6.07) is 0. The maximum absolute atomic E-state index is 11.4. The Bertz CT molecular complexity index is 280. The average Bonchev–Trinajstić information content (AvgIpc) is 2.59. The predicted octanol–water partition coefficient (Wildman–Crippen LogP) is 3.04. The van der Waals surface area contributed by atoms with Crippen LogP contribution in [-0.4, -0.2) is 30.1 Å². The molecule has 0 saturated carbocycles. The summed E-state index contributed by atoms with van der Waals surface area (Å²) in [6.07, 6.45) is 3.35. The van der Waals surface area contributed by atoms with Gasteiger partial charge in [0.1, 0.15) is 11.7 Å². The topological polar surface area (TPSA) is 44.8 Å². The van der Waals surface area contributed by atoms with Gasteiger partial charge in [0.25, 0.3) is 0 Å². The molecule has 1 rings (SSSR count). The van der Waals surface area contributed by atoms with E-state index < -0.39 is 11.4 Å². The molecule has 4 heteroatoms. The molecular weight excluding hydrogens is 232 g/mol. The number of ether oxygens (including phenoxy) is 3. The fourth-order valence-electron chi connectivity index (χ4n) is 2.69. The zero-order valence-corrected chi connectivity index (χ0v) is 12.2. The molecule has 0 aromatic carbocycles. The molecule has 0 aromatic rings. The summed E-state index contributed by atoms with van der Waals surface area (Å²) in [6.45, 7) is 9.91. The smallest absolute Gasteiger partial charge is 0.303 e. The van der Waals surface area contributed by atoms with E-state index in [0.717, 1.165) is 25.7 Å². The number of carbonyl (C=O) groups excluding carboxylic acids is 1. The molecule has 0 amide bonds. The normalized spacial score (nSPS) is 23.1. The summed E-state index contributed by atoms with van der Waals surface area (Å²) < 4.78 is 17.2. The van der Waals surface area contributed by atoms with Gasteiger partial charge in [-0.3, -0.25) is 4.79 Å². The van der Waals surface area contributed by atoms with Gasteiger partial charge in [-0.15, -0.1) is 0 Å². The lowest BCUT2D eigenvalue weighted by Gasteiger charge is -2.37. The Morgan fingerprint density at radius 1 is 1.33 bits per heavy atom. The second-order valence-electron chi connectivity index (χ2n) is 5.48. The largest absolute Gasteiger partial charge is 0.456 e. The molecule has 1 heterocycles. The number of esters is 1. The summed E-state index contributed by atoms with van der Waals surface area (Å²) in [5.41, 5.74) is -0.539. The van der Waals surface area contributed by atoms with Crippen LogP contribution in [0.4, 0.5) is 0 Å². The fraction of sp³-hybridized carbons (Fsp3) is 0.929. The second-order valence-corrected chi connectivity index (χ2v) is 5.48. The molecule has 1 atom stereocenters. The molecule has 1 saturated heterocycles. The highest BCUT2D eigenvalue weighted by Gasteiger charge is 2.48. The zero-order valence-electron chi connectivity index (χ0n) is 12.2. The van der Waals surface area contributed by atoms with E-state index in [2.05, 4.69) is 13.8 Å². The first-order valence-electron chi connectivity index (χ1n) is 6.86. The zero-order chi connectivity index (χ0) is 13.8. The van der Waals surface area contributed by atoms with Crippen LogP contribution in [0.15, 0.2) is 0 Å². The highest BCUT2D eigenvalue weighted by atomic mass is 16.8. The van der Waals surface area contributed by atoms with E-state index in [1.165, 1.54) is 6.92 Å². The number of rotatable bonds is 6. The molecule has 0 radical (unpaired) electrons. The number of carbonyl (C=O) groups is 1. The van der Waals surface area contributed by atoms with Crippen molar-refractivity contribution in [3.63, 3.8) is 0 Å². The molecule has 1 fully saturated rings. The number of hydrogen-bond acceptors (Lipinski definition) is 4. The molecule has 0 spiro atoms. The van der Waals surface area contributed by atoms with Crippen LogP contribution in [0.2, 0.25) is 0 Å². The van der Waals surface area contributed by atoms with Crippen molar-refractivity contribution in [1.29, 1.82) is 0 Å². The summed E-state index contributed by atoms with van der Waals surface area (Å²) in [5, 5.41) is 0. The van der Waals surface area contributed by atoms with Crippen molar-refractivity contribution in [3.8, 4) is 0 Å². The first-order chi connectivity index (χ1) is 8.35. The Morgan fingerprint density at radius 2 is 1.89 bits per heavy atom. The maximum Gasteiger partial charge on any atom is 0.303 e. The van der Waals surface area contributed by atoms with E-state index >= 15 is 0 Å². The molecule has 0 aromatic heterocycles. The highest BCUT2D eigenvalue weighted by molar-refractivity contribution is 5.66. The Morgan fingerprint density at radius 3 is 2.22 bits per heavy atom. The lowest BCUT2D eigenvalue weighted by molar-refractivity contribution is -0.195. The third-order valence-electron chi connectivity index (χ3n) is 3.29. The lowest BCUT2D eigenvalue weighted by Crippen LogP contribution is -2.48. The SMILES string of the molecule is CCCC(CCC)(OC(C)=O)C1COC(C)(C)O1. The van der Waals surface area contributed by atoms with Crippen LogP contribution in [-0.2, 0) is 19.0 Å². The van der Waals surface area contributed by atoms with Crippen LogP contribution >= 0.6 is 0 Å². The van der Waals surface area contributed by atoms with Gasteiger partial charge in [-0.2, -0.15) is 0 Å². The van der Waals surface area contributed by atoms with Gasteiger partial charge >= 0.3 is 5.97 Å². The van der Waals surface area contributed by atoms with Gasteiger partial charge < -0.3 is 14.2 Å². The van der Waals surface area contributed by atoms with E-state index in [1.807, 2.05) is 13.8 Å². The van der Waals surface area contributed by atoms with Gasteiger partial charge in [0.05, 0.1) is 6.61 Å². The lowest BCUT2D eigenvalue weighted by atomic mass is 9.86. The molecule has 4 nitrogen and oxygen atoms in total. The van der Waals surface area contributed by atoms with Gasteiger partial charge in [0.2, 0.25) is 0 Å². The first-order valence-corrected chi connectivity index (χ1v) is 6.86. The first kappa shape index (κ1) is 15.4. The van der Waals surface area contributed by atoms with E-state index in [4.69, 9.17) is 14.2 Å². The minimum atomic E-state index is -0.586. The van der Waals surface area contributed by atoms with Gasteiger partial charge in [0, 0.05) is 6.92 Å². The molecule has 0 bridgehead atoms. The van der Waals surface area contributed by atoms with Crippen LogP contribution in [0.3, 0.4) is 0 Å². The van der Waals surface area contributed by atoms with Crippen molar-refractivity contribution in [2.45, 2.75) is 77.8 Å². The molecule has 0 N–H and O–H groups in total. The van der Waals surface area contributed by atoms with Crippen LogP contribution in [0.5, 0.6) is 0 Å². The average molecular weight is 258 g/mol. The van der Waals surface area contributed by atoms with Crippen LogP contribution in [0.1, 0.15) is 60.3 Å². The van der Waals surface area contributed by atoms with E-state index in [0.29, 0.717) is 6.61 Å². The van der Waals surface area contributed by atoms with Crippen LogP contribution in [0, 0.1) is 0 Å². The summed E-state index contributed by atoms with van der Waals surface area (Å²) >= 11 is 0. The van der Waals surface area contributed by atoms with Crippen molar-refractivity contribution in [2.24, 2.45) is 0 Å². The summed E-state index contributed by atoms with van der Waals surface area (Å²) in [7, 11) is 0. The Kier molecular flexibility index (Phi) is 5.17. The Hall–Kier alpha value is -0.610. The minimum absolute atomic E-state index is 0.170. The van der Waals surface area contributed by atoms with Gasteiger partial charge in [0.15, 0.2) is 5.79 Å². The van der Waals surface area contributed by atoms with E-state index in [-0.39, 0.29) is 12.1 Å². The Balaban J connectivity index is 2.90. The predicted molar refractivity (Wildman–Crippen MR) is 69.2 cm³/mol. The summed E-state index contributed by atoms with van der Waals surface area (Å²) in [4.78, 5) is 11.4. The molecule has 1 unspecified atom stereocenters. The highest BCUT2D eigenvalue weighted by Crippen LogP contribution is 2.37. The van der Waals surface area contributed by atoms with Crippen molar-refractivity contribution in [3.05, 3.63) is 0 Å². The van der Waals surface area contributed by atoms with Crippen LogP contribution in [0.25, 0.3) is 0 Å². The fourth-order valence-corrected chi connectivity index (χ4v) is 2.69. The molecule has 18 heavy (non-hydrogen) atoms. The second kappa shape index (κ2) is 6.02. The monoisotopic (exact) mass is 258 g/mol. The van der Waals surface area contributed by atoms with Crippen molar-refractivity contribution in [1.82, 2.24) is 0 Å². The molecular formula is C14H26O4. The van der Waals surface area contributed by atoms with Gasteiger partial charge in [-0.05, 0) is 26.7 Å². The van der Waals surface area contributed by atoms with Crippen molar-refractivity contribution >= 4 is 5.97 Å². The minimum Gasteiger partial charge on any atom is -0.456 e. The summed E-state index contributed by atoms with van der Waals surface area (Å²) in [5.74, 6) is -0.831. The standard InChI is InChI=1S/C14H26O4/c1-6-8-14(9-7-2,17-11(3)15)12-10-16-13(4,5)18-12/h12H,6-10H2,1-5H3. The van der Waals surface area contributed by atoms with Crippen molar-refractivity contribution in [2.75, 3.05) is 6.61 Å². The maximum atomic E-state index is 11.4. The molecule has 0 aliphatic carbocycles. The third-order valence-corrected chi connectivity index (χ3v) is 3.29. The van der Waals surface area contributed by atoms with E-state index in [1.54, 1.807) is 0 Å². The van der Waals surface area contributed by atoms with Gasteiger partial charge in [-0.25, -0.2) is 0 Å². The third kappa shape index (κ3) is 3.69. The Labute approximate surface area is 110 Å². The molecule has 106 valence electrons. The number of hydrogen-bond donors (Lipinski definition) is 0. The molecule has 1 aliphatic heterocycles. The van der Waals surface area contributed by atoms with Crippen molar-refractivity contribution < 1.29 is 19.0 Å². The van der Waals surface area contributed by atoms with Gasteiger partial charge in [-0.1, -0.05) is 26.7 Å². The quantitative estimate of drug-likeness (QED) is 0.687.